The number of rotatable bonds is 7. The SMILES string of the molecule is CCc1ccc2nc(N(CC[NH+](C)C)C(=O)c3cccc([N+](=O)[O-])c3)sc2c1. The lowest BCUT2D eigenvalue weighted by Gasteiger charge is -2.20. The normalized spacial score (nSPS) is 11.1. The van der Waals surface area contributed by atoms with Crippen LogP contribution in [0.5, 0.6) is 0 Å². The molecule has 0 saturated heterocycles. The number of benzene rings is 2. The number of thiazole rings is 1. The molecule has 1 N–H and O–H groups in total. The molecule has 0 bridgehead atoms. The number of carbonyl (C=O) groups is 1. The van der Waals surface area contributed by atoms with E-state index in [2.05, 4.69) is 18.0 Å². The quantitative estimate of drug-likeness (QED) is 0.489. The Labute approximate surface area is 167 Å². The van der Waals surface area contributed by atoms with Gasteiger partial charge in [0, 0.05) is 17.7 Å². The molecule has 1 aromatic heterocycles. The highest BCUT2D eigenvalue weighted by Gasteiger charge is 2.23. The molecule has 0 aliphatic heterocycles. The minimum absolute atomic E-state index is 0.0964. The van der Waals surface area contributed by atoms with E-state index in [1.165, 1.54) is 40.0 Å². The van der Waals surface area contributed by atoms with Crippen molar-refractivity contribution in [1.29, 1.82) is 0 Å². The molecule has 0 aliphatic carbocycles. The van der Waals surface area contributed by atoms with Crippen LogP contribution in [-0.4, -0.2) is 43.0 Å². The zero-order valence-corrected chi connectivity index (χ0v) is 17.0. The number of quaternary nitrogens is 1. The van der Waals surface area contributed by atoms with Crippen molar-refractivity contribution >= 4 is 38.3 Å². The molecule has 7 nitrogen and oxygen atoms in total. The minimum atomic E-state index is -0.491. The van der Waals surface area contributed by atoms with Crippen LogP contribution in [-0.2, 0) is 6.42 Å². The second kappa shape index (κ2) is 8.45. The van der Waals surface area contributed by atoms with Crippen molar-refractivity contribution in [1.82, 2.24) is 4.98 Å². The van der Waals surface area contributed by atoms with Gasteiger partial charge in [-0.15, -0.1) is 0 Å². The maximum Gasteiger partial charge on any atom is 0.270 e. The van der Waals surface area contributed by atoms with Crippen LogP contribution in [0.2, 0.25) is 0 Å². The third-order valence-corrected chi connectivity index (χ3v) is 5.51. The monoisotopic (exact) mass is 399 g/mol. The van der Waals surface area contributed by atoms with Gasteiger partial charge in [-0.05, 0) is 30.2 Å². The van der Waals surface area contributed by atoms with Gasteiger partial charge in [0.05, 0.1) is 42.3 Å². The highest BCUT2D eigenvalue weighted by atomic mass is 32.1. The van der Waals surface area contributed by atoms with Crippen LogP contribution in [0.15, 0.2) is 42.5 Å². The van der Waals surface area contributed by atoms with Crippen LogP contribution in [0, 0.1) is 10.1 Å². The van der Waals surface area contributed by atoms with E-state index in [1.54, 1.807) is 11.0 Å². The fourth-order valence-corrected chi connectivity index (χ4v) is 3.87. The molecule has 3 rings (SSSR count). The maximum atomic E-state index is 13.2. The molecular formula is C20H23N4O3S+. The number of non-ortho nitro benzene ring substituents is 1. The molecule has 0 fully saturated rings. The van der Waals surface area contributed by atoms with Crippen molar-refractivity contribution in [3.05, 3.63) is 63.7 Å². The lowest BCUT2D eigenvalue weighted by atomic mass is 10.2. The molecule has 2 aromatic carbocycles. The number of amides is 1. The molecule has 146 valence electrons. The minimum Gasteiger partial charge on any atom is -0.338 e. The topological polar surface area (TPSA) is 80.8 Å². The highest BCUT2D eigenvalue weighted by molar-refractivity contribution is 7.22. The third-order valence-electron chi connectivity index (χ3n) is 4.47. The number of nitrogens with zero attached hydrogens (tertiary/aromatic N) is 3. The average molecular weight is 399 g/mol. The number of anilines is 1. The number of fused-ring (bicyclic) bond motifs is 1. The summed E-state index contributed by atoms with van der Waals surface area (Å²) in [5, 5.41) is 11.7. The average Bonchev–Trinajstić information content (AvgIpc) is 3.10. The smallest absolute Gasteiger partial charge is 0.270 e. The summed E-state index contributed by atoms with van der Waals surface area (Å²) in [6.45, 7) is 3.31. The van der Waals surface area contributed by atoms with Gasteiger partial charge in [0.2, 0.25) is 0 Å². The Morgan fingerprint density at radius 2 is 2.04 bits per heavy atom. The molecular weight excluding hydrogens is 376 g/mol. The Morgan fingerprint density at radius 3 is 2.71 bits per heavy atom. The molecule has 1 heterocycles. The number of nitrogens with one attached hydrogen (secondary N) is 1. The highest BCUT2D eigenvalue weighted by Crippen LogP contribution is 2.30. The predicted octanol–water partition coefficient (Wildman–Crippen LogP) is 2.56. The Kier molecular flexibility index (Phi) is 6.01. The summed E-state index contributed by atoms with van der Waals surface area (Å²) in [5.41, 5.74) is 2.26. The number of nitro benzene ring substituents is 1. The van der Waals surface area contributed by atoms with E-state index in [9.17, 15) is 14.9 Å². The van der Waals surface area contributed by atoms with Crippen LogP contribution in [0.1, 0.15) is 22.8 Å². The largest absolute Gasteiger partial charge is 0.338 e. The molecule has 8 heteroatoms. The van der Waals surface area contributed by atoms with Crippen LogP contribution >= 0.6 is 11.3 Å². The van der Waals surface area contributed by atoms with E-state index >= 15 is 0 Å². The first-order valence-corrected chi connectivity index (χ1v) is 9.95. The van der Waals surface area contributed by atoms with Gasteiger partial charge in [0.1, 0.15) is 0 Å². The van der Waals surface area contributed by atoms with E-state index in [0.717, 1.165) is 23.2 Å². The molecule has 0 saturated carbocycles. The number of aryl methyl sites for hydroxylation is 1. The maximum absolute atomic E-state index is 13.2. The Balaban J connectivity index is 2.00. The Bertz CT molecular complexity index is 1020. The van der Waals surface area contributed by atoms with Crippen molar-refractivity contribution in [2.24, 2.45) is 0 Å². The number of aromatic nitrogens is 1. The summed E-state index contributed by atoms with van der Waals surface area (Å²) in [5.74, 6) is -0.278. The fourth-order valence-electron chi connectivity index (χ4n) is 2.82. The standard InChI is InChI=1S/C20H22N4O3S/c1-4-14-8-9-17-18(12-14)28-20(21-17)23(11-10-22(2)3)19(25)15-6-5-7-16(13-15)24(26)27/h5-9,12-13H,4,10-11H2,1-3H3/p+1. The predicted molar refractivity (Wildman–Crippen MR) is 111 cm³/mol. The van der Waals surface area contributed by atoms with Gasteiger partial charge in [0.15, 0.2) is 5.13 Å². The number of hydrogen-bond donors (Lipinski definition) is 1. The zero-order chi connectivity index (χ0) is 20.3. The van der Waals surface area contributed by atoms with Gasteiger partial charge in [0.25, 0.3) is 11.6 Å². The van der Waals surface area contributed by atoms with Gasteiger partial charge in [-0.1, -0.05) is 30.4 Å². The first-order chi connectivity index (χ1) is 13.4. The van der Waals surface area contributed by atoms with Gasteiger partial charge in [-0.2, -0.15) is 0 Å². The van der Waals surface area contributed by atoms with Crippen LogP contribution in [0.25, 0.3) is 10.2 Å². The number of likely N-dealkylation sites (N-methyl/N-ethyl adjacent to an activating group) is 1. The van der Waals surface area contributed by atoms with Crippen LogP contribution in [0.3, 0.4) is 0 Å². The van der Waals surface area contributed by atoms with E-state index in [-0.39, 0.29) is 17.2 Å². The summed E-state index contributed by atoms with van der Waals surface area (Å²) >= 11 is 1.47. The van der Waals surface area contributed by atoms with E-state index < -0.39 is 4.92 Å². The molecule has 0 radical (unpaired) electrons. The summed E-state index contributed by atoms with van der Waals surface area (Å²) < 4.78 is 1.03. The molecule has 0 spiro atoms. The molecule has 0 aliphatic rings. The summed E-state index contributed by atoms with van der Waals surface area (Å²) in [6.07, 6.45) is 0.934. The van der Waals surface area contributed by atoms with Crippen LogP contribution in [0.4, 0.5) is 10.8 Å². The first-order valence-electron chi connectivity index (χ1n) is 9.14. The Hall–Kier alpha value is -2.84. The summed E-state index contributed by atoms with van der Waals surface area (Å²) in [6, 6.07) is 12.0. The lowest BCUT2D eigenvalue weighted by Crippen LogP contribution is -3.06. The molecule has 0 atom stereocenters. The lowest BCUT2D eigenvalue weighted by molar-refractivity contribution is -0.856. The van der Waals surface area contributed by atoms with E-state index in [0.29, 0.717) is 11.7 Å². The molecule has 3 aromatic rings. The zero-order valence-electron chi connectivity index (χ0n) is 16.1. The number of carbonyl (C=O) groups excluding carboxylic acids is 1. The summed E-state index contributed by atoms with van der Waals surface area (Å²) in [4.78, 5) is 31.3. The molecule has 28 heavy (non-hydrogen) atoms. The van der Waals surface area contributed by atoms with Crippen molar-refractivity contribution < 1.29 is 14.6 Å². The number of nitro groups is 1. The van der Waals surface area contributed by atoms with Crippen molar-refractivity contribution in [2.75, 3.05) is 32.1 Å². The van der Waals surface area contributed by atoms with Gasteiger partial charge < -0.3 is 4.90 Å². The summed E-state index contributed by atoms with van der Waals surface area (Å²) in [7, 11) is 4.03. The molecule has 1 amide bonds. The van der Waals surface area contributed by atoms with Crippen molar-refractivity contribution in [2.45, 2.75) is 13.3 Å². The van der Waals surface area contributed by atoms with Gasteiger partial charge in [-0.25, -0.2) is 4.98 Å². The van der Waals surface area contributed by atoms with Crippen molar-refractivity contribution in [3.63, 3.8) is 0 Å². The molecule has 0 unspecified atom stereocenters. The fraction of sp³-hybridized carbons (Fsp3) is 0.300. The van der Waals surface area contributed by atoms with Crippen LogP contribution < -0.4 is 9.80 Å². The first kappa shape index (κ1) is 19.9. The van der Waals surface area contributed by atoms with E-state index in [4.69, 9.17) is 0 Å². The number of hydrogen-bond acceptors (Lipinski definition) is 5. The third kappa shape index (κ3) is 4.35. The second-order valence-corrected chi connectivity index (χ2v) is 7.88. The van der Waals surface area contributed by atoms with Gasteiger partial charge in [-0.3, -0.25) is 19.8 Å². The van der Waals surface area contributed by atoms with E-state index in [1.807, 2.05) is 26.2 Å². The van der Waals surface area contributed by atoms with Gasteiger partial charge >= 0.3 is 0 Å². The second-order valence-electron chi connectivity index (χ2n) is 6.87. The Morgan fingerprint density at radius 1 is 1.25 bits per heavy atom. The van der Waals surface area contributed by atoms with Crippen molar-refractivity contribution in [3.8, 4) is 0 Å².